The van der Waals surface area contributed by atoms with E-state index < -0.39 is 0 Å². The minimum absolute atomic E-state index is 0.939. The average molecular weight is 336 g/mol. The second-order valence-corrected chi connectivity index (χ2v) is 7.82. The van der Waals surface area contributed by atoms with Crippen molar-refractivity contribution < 1.29 is 0 Å². The highest BCUT2D eigenvalue weighted by Gasteiger charge is 2.20. The summed E-state index contributed by atoms with van der Waals surface area (Å²) >= 11 is 0. The van der Waals surface area contributed by atoms with Gasteiger partial charge in [0.15, 0.2) is 0 Å². The Hall–Kier alpha value is -1.63. The van der Waals surface area contributed by atoms with Crippen molar-refractivity contribution in [2.75, 3.05) is 0 Å². The van der Waals surface area contributed by atoms with Crippen LogP contribution in [0, 0.1) is 11.8 Å². The third-order valence-corrected chi connectivity index (χ3v) is 5.99. The van der Waals surface area contributed by atoms with Crippen molar-refractivity contribution in [2.24, 2.45) is 11.8 Å². The van der Waals surface area contributed by atoms with Crippen molar-refractivity contribution in [1.29, 1.82) is 0 Å². The first-order valence-corrected chi connectivity index (χ1v) is 10.3. The van der Waals surface area contributed by atoms with Gasteiger partial charge in [0, 0.05) is 11.8 Å². The van der Waals surface area contributed by atoms with Gasteiger partial charge in [-0.1, -0.05) is 82.7 Å². The summed E-state index contributed by atoms with van der Waals surface area (Å²) in [6, 6.07) is 13.3. The number of rotatable bonds is 7. The maximum absolute atomic E-state index is 4.70. The quantitative estimate of drug-likeness (QED) is 0.539. The fraction of sp³-hybridized carbons (Fsp3) is 0.542. The lowest BCUT2D eigenvalue weighted by atomic mass is 9.78. The molecular weight excluding hydrogens is 302 g/mol. The van der Waals surface area contributed by atoms with E-state index in [1.165, 1.54) is 68.1 Å². The molecule has 1 aromatic heterocycles. The van der Waals surface area contributed by atoms with Crippen LogP contribution in [-0.2, 0) is 12.8 Å². The van der Waals surface area contributed by atoms with E-state index in [2.05, 4.69) is 56.4 Å². The first kappa shape index (κ1) is 18.2. The molecule has 0 N–H and O–H groups in total. The average Bonchev–Trinajstić information content (AvgIpc) is 2.68. The minimum atomic E-state index is 0.939. The standard InChI is InChI=1S/C24H33N/c1-3-5-20-6-8-21(9-7-20)10-11-22-14-17-24(25-18-22)23-15-12-19(4-2)13-16-23/h12-18,20-21H,3-11H2,1-2H3/t20-,21-. The number of hydrogen-bond donors (Lipinski definition) is 0. The Morgan fingerprint density at radius 1 is 0.800 bits per heavy atom. The molecule has 0 unspecified atom stereocenters. The Bertz CT molecular complexity index is 618. The van der Waals surface area contributed by atoms with Gasteiger partial charge < -0.3 is 0 Å². The van der Waals surface area contributed by atoms with Crippen molar-refractivity contribution in [3.63, 3.8) is 0 Å². The molecule has 1 nitrogen and oxygen atoms in total. The highest BCUT2D eigenvalue weighted by Crippen LogP contribution is 2.33. The van der Waals surface area contributed by atoms with Crippen LogP contribution in [0.25, 0.3) is 11.3 Å². The zero-order valence-electron chi connectivity index (χ0n) is 16.0. The molecule has 0 radical (unpaired) electrons. The normalized spacial score (nSPS) is 20.6. The van der Waals surface area contributed by atoms with Crippen LogP contribution >= 0.6 is 0 Å². The zero-order chi connectivity index (χ0) is 17.5. The van der Waals surface area contributed by atoms with Gasteiger partial charge in [0.25, 0.3) is 0 Å². The summed E-state index contributed by atoms with van der Waals surface area (Å²) in [5.41, 5.74) is 5.09. The van der Waals surface area contributed by atoms with Gasteiger partial charge in [0.2, 0.25) is 0 Å². The molecule has 1 heterocycles. The van der Waals surface area contributed by atoms with Crippen LogP contribution in [0.5, 0.6) is 0 Å². The van der Waals surface area contributed by atoms with Gasteiger partial charge >= 0.3 is 0 Å². The fourth-order valence-electron chi connectivity index (χ4n) is 4.24. The molecule has 1 heteroatoms. The third kappa shape index (κ3) is 5.17. The molecule has 0 atom stereocenters. The molecule has 134 valence electrons. The predicted octanol–water partition coefficient (Wildman–Crippen LogP) is 6.85. The number of pyridine rings is 1. The Morgan fingerprint density at radius 2 is 1.44 bits per heavy atom. The summed E-state index contributed by atoms with van der Waals surface area (Å²) in [5, 5.41) is 0. The van der Waals surface area contributed by atoms with Crippen molar-refractivity contribution in [3.05, 3.63) is 53.7 Å². The molecule has 0 amide bonds. The maximum atomic E-state index is 4.70. The predicted molar refractivity (Wildman–Crippen MR) is 108 cm³/mol. The summed E-state index contributed by atoms with van der Waals surface area (Å²) in [7, 11) is 0. The zero-order valence-corrected chi connectivity index (χ0v) is 16.0. The first-order valence-electron chi connectivity index (χ1n) is 10.3. The van der Waals surface area contributed by atoms with Gasteiger partial charge in [-0.05, 0) is 48.3 Å². The van der Waals surface area contributed by atoms with Crippen LogP contribution in [0.1, 0.15) is 69.9 Å². The maximum Gasteiger partial charge on any atom is 0.0702 e. The second-order valence-electron chi connectivity index (χ2n) is 7.82. The number of aromatic nitrogens is 1. The highest BCUT2D eigenvalue weighted by molar-refractivity contribution is 5.59. The molecule has 1 aliphatic carbocycles. The van der Waals surface area contributed by atoms with E-state index in [0.29, 0.717) is 0 Å². The van der Waals surface area contributed by atoms with Crippen LogP contribution in [0.3, 0.4) is 0 Å². The topological polar surface area (TPSA) is 12.9 Å². The van der Waals surface area contributed by atoms with Crippen LogP contribution < -0.4 is 0 Å². The summed E-state index contributed by atoms with van der Waals surface area (Å²) in [6.45, 7) is 4.51. The smallest absolute Gasteiger partial charge is 0.0702 e. The van der Waals surface area contributed by atoms with Gasteiger partial charge in [0.05, 0.1) is 5.69 Å². The van der Waals surface area contributed by atoms with E-state index in [-0.39, 0.29) is 0 Å². The Labute approximate surface area is 153 Å². The van der Waals surface area contributed by atoms with E-state index >= 15 is 0 Å². The molecule has 0 spiro atoms. The molecule has 2 aromatic rings. The van der Waals surface area contributed by atoms with Crippen molar-refractivity contribution in [3.8, 4) is 11.3 Å². The molecule has 0 saturated heterocycles. The lowest BCUT2D eigenvalue weighted by Crippen LogP contribution is -2.15. The molecule has 1 fully saturated rings. The van der Waals surface area contributed by atoms with Gasteiger partial charge in [-0.15, -0.1) is 0 Å². The van der Waals surface area contributed by atoms with Gasteiger partial charge in [-0.2, -0.15) is 0 Å². The summed E-state index contributed by atoms with van der Waals surface area (Å²) < 4.78 is 0. The molecule has 25 heavy (non-hydrogen) atoms. The van der Waals surface area contributed by atoms with Gasteiger partial charge in [-0.25, -0.2) is 0 Å². The van der Waals surface area contributed by atoms with E-state index in [1.54, 1.807) is 0 Å². The monoisotopic (exact) mass is 335 g/mol. The molecule has 1 aromatic carbocycles. The van der Waals surface area contributed by atoms with Crippen molar-refractivity contribution in [2.45, 2.75) is 71.6 Å². The van der Waals surface area contributed by atoms with Gasteiger partial charge in [-0.3, -0.25) is 4.98 Å². The highest BCUT2D eigenvalue weighted by atomic mass is 14.7. The molecule has 0 bridgehead atoms. The number of aryl methyl sites for hydroxylation is 2. The third-order valence-electron chi connectivity index (χ3n) is 5.99. The second kappa shape index (κ2) is 9.17. The van der Waals surface area contributed by atoms with Crippen LogP contribution in [0.15, 0.2) is 42.6 Å². The first-order chi connectivity index (χ1) is 12.3. The van der Waals surface area contributed by atoms with Crippen LogP contribution in [-0.4, -0.2) is 4.98 Å². The number of benzene rings is 1. The Morgan fingerprint density at radius 3 is 2.00 bits per heavy atom. The van der Waals surface area contributed by atoms with Crippen molar-refractivity contribution >= 4 is 0 Å². The van der Waals surface area contributed by atoms with Crippen LogP contribution in [0.4, 0.5) is 0 Å². The van der Waals surface area contributed by atoms with E-state index in [0.717, 1.165) is 24.0 Å². The molecule has 0 aliphatic heterocycles. The largest absolute Gasteiger partial charge is 0.256 e. The van der Waals surface area contributed by atoms with E-state index in [1.807, 2.05) is 0 Å². The molecule has 3 rings (SSSR count). The number of hydrogen-bond acceptors (Lipinski definition) is 1. The van der Waals surface area contributed by atoms with Gasteiger partial charge in [0.1, 0.15) is 0 Å². The summed E-state index contributed by atoms with van der Waals surface area (Å²) in [6.07, 6.45) is 14.3. The van der Waals surface area contributed by atoms with E-state index in [4.69, 9.17) is 4.98 Å². The molecule has 1 saturated carbocycles. The lowest BCUT2D eigenvalue weighted by molar-refractivity contribution is 0.252. The fourth-order valence-corrected chi connectivity index (χ4v) is 4.24. The SMILES string of the molecule is CCC[C@H]1CC[C@H](CCc2ccc(-c3ccc(CC)cc3)nc2)CC1. The van der Waals surface area contributed by atoms with Crippen LogP contribution in [0.2, 0.25) is 0 Å². The number of nitrogens with zero attached hydrogens (tertiary/aromatic N) is 1. The lowest BCUT2D eigenvalue weighted by Gasteiger charge is -2.28. The minimum Gasteiger partial charge on any atom is -0.256 e. The summed E-state index contributed by atoms with van der Waals surface area (Å²) in [4.78, 5) is 4.70. The summed E-state index contributed by atoms with van der Waals surface area (Å²) in [5.74, 6) is 1.95. The molecule has 1 aliphatic rings. The van der Waals surface area contributed by atoms with Crippen molar-refractivity contribution in [1.82, 2.24) is 4.98 Å². The molecular formula is C24H33N. The Balaban J connectivity index is 1.49. The van der Waals surface area contributed by atoms with E-state index in [9.17, 15) is 0 Å². The Kier molecular flexibility index (Phi) is 6.67.